The Labute approximate surface area is 109 Å². The fourth-order valence-corrected chi connectivity index (χ4v) is 2.37. The minimum atomic E-state index is -0.319. The molecule has 0 aromatic rings. The summed E-state index contributed by atoms with van der Waals surface area (Å²) in [6.07, 6.45) is 4.61. The van der Waals surface area contributed by atoms with Gasteiger partial charge in [-0.2, -0.15) is 0 Å². The Morgan fingerprint density at radius 1 is 1.39 bits per heavy atom. The molecule has 0 radical (unpaired) electrons. The van der Waals surface area contributed by atoms with E-state index in [2.05, 4.69) is 5.32 Å². The molecular formula is C13H25NO4. The molecule has 106 valence electrons. The molecule has 2 N–H and O–H groups in total. The van der Waals surface area contributed by atoms with Crippen molar-refractivity contribution in [2.75, 3.05) is 39.5 Å². The van der Waals surface area contributed by atoms with Crippen molar-refractivity contribution in [3.8, 4) is 0 Å². The lowest BCUT2D eigenvalue weighted by atomic mass is 9.87. The number of hydrogen-bond donors (Lipinski definition) is 2. The molecule has 18 heavy (non-hydrogen) atoms. The summed E-state index contributed by atoms with van der Waals surface area (Å²) in [4.78, 5) is 11.0. The van der Waals surface area contributed by atoms with E-state index in [1.807, 2.05) is 0 Å². The van der Waals surface area contributed by atoms with Crippen molar-refractivity contribution < 1.29 is 19.4 Å². The van der Waals surface area contributed by atoms with Crippen molar-refractivity contribution in [2.45, 2.75) is 32.6 Å². The predicted molar refractivity (Wildman–Crippen MR) is 68.3 cm³/mol. The van der Waals surface area contributed by atoms with Crippen LogP contribution in [0.1, 0.15) is 32.6 Å². The summed E-state index contributed by atoms with van der Waals surface area (Å²) in [5.74, 6) is -0.319. The molecule has 0 unspecified atom stereocenters. The summed E-state index contributed by atoms with van der Waals surface area (Å²) in [6.45, 7) is 4.44. The first-order valence-corrected chi connectivity index (χ1v) is 6.77. The second-order valence-corrected chi connectivity index (χ2v) is 4.90. The topological polar surface area (TPSA) is 67.8 Å². The van der Waals surface area contributed by atoms with E-state index in [1.165, 1.54) is 12.8 Å². The molecule has 0 amide bonds. The van der Waals surface area contributed by atoms with E-state index in [1.54, 1.807) is 6.92 Å². The molecule has 0 aliphatic heterocycles. The van der Waals surface area contributed by atoms with E-state index in [0.29, 0.717) is 19.8 Å². The van der Waals surface area contributed by atoms with Gasteiger partial charge in [-0.25, -0.2) is 4.79 Å². The maximum Gasteiger partial charge on any atom is 0.332 e. The number of rotatable bonds is 9. The second kappa shape index (κ2) is 8.45. The number of aliphatic hydroxyl groups is 1. The van der Waals surface area contributed by atoms with Crippen molar-refractivity contribution >= 4 is 5.97 Å². The molecule has 1 fully saturated rings. The van der Waals surface area contributed by atoms with Gasteiger partial charge in [-0.3, -0.25) is 0 Å². The van der Waals surface area contributed by atoms with E-state index < -0.39 is 0 Å². The van der Waals surface area contributed by atoms with Gasteiger partial charge < -0.3 is 19.9 Å². The Balaban J connectivity index is 1.99. The Bertz CT molecular complexity index is 239. The maximum atomic E-state index is 11.0. The lowest BCUT2D eigenvalue weighted by molar-refractivity contribution is -0.148. The first-order chi connectivity index (χ1) is 8.72. The van der Waals surface area contributed by atoms with Crippen LogP contribution in [0.3, 0.4) is 0 Å². The molecule has 0 atom stereocenters. The molecule has 0 heterocycles. The van der Waals surface area contributed by atoms with Crippen LogP contribution in [0.4, 0.5) is 0 Å². The van der Waals surface area contributed by atoms with Gasteiger partial charge in [0, 0.05) is 25.1 Å². The molecule has 0 aromatic carbocycles. The van der Waals surface area contributed by atoms with E-state index >= 15 is 0 Å². The molecule has 1 aliphatic rings. The van der Waals surface area contributed by atoms with Gasteiger partial charge in [-0.15, -0.1) is 0 Å². The molecule has 5 nitrogen and oxygen atoms in total. The molecule has 0 spiro atoms. The van der Waals surface area contributed by atoms with Crippen LogP contribution in [0, 0.1) is 5.41 Å². The number of ether oxygens (including phenoxy) is 2. The van der Waals surface area contributed by atoms with Crippen molar-refractivity contribution in [2.24, 2.45) is 5.41 Å². The normalized spacial score (nSPS) is 17.9. The lowest BCUT2D eigenvalue weighted by Gasteiger charge is -2.26. The summed E-state index contributed by atoms with van der Waals surface area (Å²) < 4.78 is 9.93. The van der Waals surface area contributed by atoms with Crippen molar-refractivity contribution in [1.29, 1.82) is 0 Å². The van der Waals surface area contributed by atoms with Crippen LogP contribution in [0.25, 0.3) is 0 Å². The first kappa shape index (κ1) is 15.4. The molecule has 0 saturated heterocycles. The summed E-state index contributed by atoms with van der Waals surface area (Å²) >= 11 is 0. The van der Waals surface area contributed by atoms with Crippen LogP contribution >= 0.6 is 0 Å². The van der Waals surface area contributed by atoms with E-state index in [0.717, 1.165) is 19.4 Å². The van der Waals surface area contributed by atoms with Gasteiger partial charge >= 0.3 is 5.97 Å². The SMILES string of the molecule is CCOC(=O)COCCNCC1(CO)CCCC1. The minimum Gasteiger partial charge on any atom is -0.464 e. The lowest BCUT2D eigenvalue weighted by Crippen LogP contribution is -2.36. The zero-order chi connectivity index (χ0) is 13.3. The average Bonchev–Trinajstić information content (AvgIpc) is 2.83. The Morgan fingerprint density at radius 3 is 2.72 bits per heavy atom. The largest absolute Gasteiger partial charge is 0.464 e. The van der Waals surface area contributed by atoms with Crippen LogP contribution in [0.2, 0.25) is 0 Å². The van der Waals surface area contributed by atoms with Crippen molar-refractivity contribution in [3.05, 3.63) is 0 Å². The molecule has 0 aromatic heterocycles. The molecule has 1 rings (SSSR count). The van der Waals surface area contributed by atoms with Gasteiger partial charge in [0.25, 0.3) is 0 Å². The zero-order valence-electron chi connectivity index (χ0n) is 11.2. The minimum absolute atomic E-state index is 0.0145. The van der Waals surface area contributed by atoms with E-state index in [4.69, 9.17) is 9.47 Å². The third-order valence-corrected chi connectivity index (χ3v) is 3.45. The Hall–Kier alpha value is -0.650. The molecule has 5 heteroatoms. The summed E-state index contributed by atoms with van der Waals surface area (Å²) in [7, 11) is 0. The number of carbonyl (C=O) groups is 1. The van der Waals surface area contributed by atoms with Crippen LogP contribution in [0.5, 0.6) is 0 Å². The average molecular weight is 259 g/mol. The fourth-order valence-electron chi connectivity index (χ4n) is 2.37. The number of nitrogens with one attached hydrogen (secondary N) is 1. The highest BCUT2D eigenvalue weighted by Gasteiger charge is 2.32. The maximum absolute atomic E-state index is 11.0. The predicted octanol–water partition coefficient (Wildman–Crippen LogP) is 0.708. The van der Waals surface area contributed by atoms with Gasteiger partial charge in [-0.05, 0) is 19.8 Å². The Morgan fingerprint density at radius 2 is 2.11 bits per heavy atom. The van der Waals surface area contributed by atoms with E-state index in [-0.39, 0.29) is 24.6 Å². The fraction of sp³-hybridized carbons (Fsp3) is 0.923. The van der Waals surface area contributed by atoms with Crippen LogP contribution in [-0.2, 0) is 14.3 Å². The van der Waals surface area contributed by atoms with Gasteiger partial charge in [0.2, 0.25) is 0 Å². The first-order valence-electron chi connectivity index (χ1n) is 6.77. The van der Waals surface area contributed by atoms with E-state index in [9.17, 15) is 9.90 Å². The summed E-state index contributed by atoms with van der Waals surface area (Å²) in [6, 6.07) is 0. The van der Waals surface area contributed by atoms with Crippen molar-refractivity contribution in [3.63, 3.8) is 0 Å². The smallest absolute Gasteiger partial charge is 0.332 e. The van der Waals surface area contributed by atoms with Crippen LogP contribution < -0.4 is 5.32 Å². The third-order valence-electron chi connectivity index (χ3n) is 3.45. The Kier molecular flexibility index (Phi) is 7.23. The van der Waals surface area contributed by atoms with Crippen molar-refractivity contribution in [1.82, 2.24) is 5.32 Å². The standard InChI is InChI=1S/C13H25NO4/c1-2-18-12(16)9-17-8-7-14-10-13(11-15)5-3-4-6-13/h14-15H,2-11H2,1H3. The van der Waals surface area contributed by atoms with Crippen LogP contribution in [0.15, 0.2) is 0 Å². The second-order valence-electron chi connectivity index (χ2n) is 4.90. The molecular weight excluding hydrogens is 234 g/mol. The monoisotopic (exact) mass is 259 g/mol. The highest BCUT2D eigenvalue weighted by atomic mass is 16.6. The quantitative estimate of drug-likeness (QED) is 0.471. The van der Waals surface area contributed by atoms with Gasteiger partial charge in [0.15, 0.2) is 0 Å². The van der Waals surface area contributed by atoms with Gasteiger partial charge in [0.1, 0.15) is 6.61 Å². The zero-order valence-corrected chi connectivity index (χ0v) is 11.2. The third kappa shape index (κ3) is 5.33. The summed E-state index contributed by atoms with van der Waals surface area (Å²) in [5.41, 5.74) is 0.0706. The molecule has 1 saturated carbocycles. The number of esters is 1. The summed E-state index contributed by atoms with van der Waals surface area (Å²) in [5, 5.41) is 12.7. The highest BCUT2D eigenvalue weighted by Crippen LogP contribution is 2.36. The van der Waals surface area contributed by atoms with Gasteiger partial charge in [0.05, 0.1) is 13.2 Å². The number of aliphatic hydroxyl groups excluding tert-OH is 1. The van der Waals surface area contributed by atoms with Crippen LogP contribution in [-0.4, -0.2) is 50.6 Å². The molecule has 1 aliphatic carbocycles. The highest BCUT2D eigenvalue weighted by molar-refractivity contribution is 5.70. The number of hydrogen-bond acceptors (Lipinski definition) is 5. The number of carbonyl (C=O) groups excluding carboxylic acids is 1. The van der Waals surface area contributed by atoms with Gasteiger partial charge in [-0.1, -0.05) is 12.8 Å². The molecule has 0 bridgehead atoms.